The lowest BCUT2D eigenvalue weighted by Crippen LogP contribution is -2.31. The molecule has 1 fully saturated rings. The van der Waals surface area contributed by atoms with E-state index in [2.05, 4.69) is 67.3 Å². The first-order valence-corrected chi connectivity index (χ1v) is 10.2. The van der Waals surface area contributed by atoms with Gasteiger partial charge >= 0.3 is 0 Å². The maximum atomic E-state index is 4.73. The van der Waals surface area contributed by atoms with E-state index in [4.69, 9.17) is 12.2 Å². The molecule has 0 amide bonds. The Kier molecular flexibility index (Phi) is 25.3. The van der Waals surface area contributed by atoms with E-state index in [9.17, 15) is 0 Å². The van der Waals surface area contributed by atoms with Gasteiger partial charge in [-0.25, -0.2) is 0 Å². The van der Waals surface area contributed by atoms with Gasteiger partial charge in [0.2, 0.25) is 0 Å². The number of rotatable bonds is 3. The molecule has 0 aromatic heterocycles. The monoisotopic (exact) mass is 402 g/mol. The van der Waals surface area contributed by atoms with E-state index in [-0.39, 0.29) is 0 Å². The van der Waals surface area contributed by atoms with Crippen molar-refractivity contribution in [1.82, 2.24) is 21.3 Å². The van der Waals surface area contributed by atoms with Crippen LogP contribution in [-0.2, 0) is 0 Å². The van der Waals surface area contributed by atoms with Gasteiger partial charge in [0.15, 0.2) is 5.11 Å². The Morgan fingerprint density at radius 1 is 1.15 bits per heavy atom. The third-order valence-corrected chi connectivity index (χ3v) is 3.94. The molecule has 154 valence electrons. The minimum absolute atomic E-state index is 0.711. The van der Waals surface area contributed by atoms with Crippen LogP contribution in [0.1, 0.15) is 54.4 Å². The second-order valence-corrected chi connectivity index (χ2v) is 6.60. The van der Waals surface area contributed by atoms with Crippen molar-refractivity contribution in [1.29, 1.82) is 0 Å². The minimum Gasteiger partial charge on any atom is -0.382 e. The van der Waals surface area contributed by atoms with Crippen LogP contribution in [0.3, 0.4) is 0 Å². The average molecular weight is 403 g/mol. The van der Waals surface area contributed by atoms with Gasteiger partial charge in [-0.1, -0.05) is 30.8 Å². The summed E-state index contributed by atoms with van der Waals surface area (Å²) in [4.78, 5) is 0. The van der Waals surface area contributed by atoms with Crippen molar-refractivity contribution in [2.75, 3.05) is 34.2 Å². The maximum absolute atomic E-state index is 4.73. The van der Waals surface area contributed by atoms with E-state index < -0.39 is 0 Å². The molecule has 0 aromatic carbocycles. The Morgan fingerprint density at radius 3 is 1.88 bits per heavy atom. The predicted molar refractivity (Wildman–Crippen MR) is 128 cm³/mol. The van der Waals surface area contributed by atoms with E-state index in [1.807, 2.05) is 27.9 Å². The molecule has 1 rings (SSSR count). The molecular formula is C20H42N4S2. The summed E-state index contributed by atoms with van der Waals surface area (Å²) in [6.07, 6.45) is 4.91. The van der Waals surface area contributed by atoms with Gasteiger partial charge in [-0.2, -0.15) is 0 Å². The predicted octanol–water partition coefficient (Wildman–Crippen LogP) is 4.19. The van der Waals surface area contributed by atoms with Crippen molar-refractivity contribution in [3.05, 3.63) is 22.8 Å². The number of nitrogens with one attached hydrogen (secondary N) is 4. The first kappa shape index (κ1) is 29.8. The van der Waals surface area contributed by atoms with Crippen molar-refractivity contribution in [3.8, 4) is 0 Å². The van der Waals surface area contributed by atoms with Crippen LogP contribution >= 0.6 is 24.4 Å². The highest BCUT2D eigenvalue weighted by Crippen LogP contribution is 2.37. The summed E-state index contributed by atoms with van der Waals surface area (Å²) < 4.78 is 0. The fourth-order valence-corrected chi connectivity index (χ4v) is 2.72. The first-order valence-electron chi connectivity index (χ1n) is 9.34. The standard InChI is InChI=1S/C11H18.C4H10N2S.C3H7NS.C2H7N/c1-5-10-7-6-9(4)11(10)8(2)3;1-3-6-4(7)5-2;1-2-4-3-5;1-3-2/h5,9H,6-7H2,1-4H3;3H2,1-2H3,(H2,5,6,7);3H,2H2,1H3,(H,4,5);3H,1-2H3/b10-5+;;;. The van der Waals surface area contributed by atoms with Crippen LogP contribution in [0.5, 0.6) is 0 Å². The molecule has 0 radical (unpaired) electrons. The Morgan fingerprint density at radius 2 is 1.69 bits per heavy atom. The van der Waals surface area contributed by atoms with Crippen LogP contribution in [0.15, 0.2) is 22.8 Å². The Bertz CT molecular complexity index is 414. The zero-order valence-corrected chi connectivity index (χ0v) is 20.0. The van der Waals surface area contributed by atoms with Crippen molar-refractivity contribution in [3.63, 3.8) is 0 Å². The number of hydrogen-bond acceptors (Lipinski definition) is 3. The molecule has 6 heteroatoms. The Balaban J connectivity index is -0.000000305. The van der Waals surface area contributed by atoms with Crippen LogP contribution in [-0.4, -0.2) is 44.8 Å². The molecule has 0 aliphatic heterocycles. The van der Waals surface area contributed by atoms with Gasteiger partial charge in [-0.15, -0.1) is 0 Å². The highest BCUT2D eigenvalue weighted by molar-refractivity contribution is 7.80. The van der Waals surface area contributed by atoms with Gasteiger partial charge in [0.25, 0.3) is 0 Å². The quantitative estimate of drug-likeness (QED) is 0.531. The summed E-state index contributed by atoms with van der Waals surface area (Å²) in [5, 5.41) is 12.0. The molecule has 0 bridgehead atoms. The number of thiocarbonyl (C=S) groups is 2. The zero-order valence-electron chi connectivity index (χ0n) is 18.4. The fraction of sp³-hybridized carbons (Fsp3) is 0.700. The van der Waals surface area contributed by atoms with E-state index in [0.717, 1.165) is 19.0 Å². The maximum Gasteiger partial charge on any atom is 0.166 e. The topological polar surface area (TPSA) is 48.1 Å². The lowest BCUT2D eigenvalue weighted by Gasteiger charge is -2.08. The van der Waals surface area contributed by atoms with E-state index in [1.54, 1.807) is 18.2 Å². The molecule has 1 aliphatic rings. The summed E-state index contributed by atoms with van der Waals surface area (Å²) in [6.45, 7) is 14.8. The summed E-state index contributed by atoms with van der Waals surface area (Å²) in [6, 6.07) is 0. The van der Waals surface area contributed by atoms with Gasteiger partial charge in [0.05, 0.1) is 5.49 Å². The normalized spacial score (nSPS) is 16.0. The third-order valence-electron chi connectivity index (χ3n) is 3.42. The van der Waals surface area contributed by atoms with E-state index in [0.29, 0.717) is 5.11 Å². The third kappa shape index (κ3) is 17.8. The largest absolute Gasteiger partial charge is 0.382 e. The zero-order chi connectivity index (χ0) is 21.0. The second kappa shape index (κ2) is 22.1. The first-order chi connectivity index (χ1) is 12.3. The van der Waals surface area contributed by atoms with Gasteiger partial charge in [0.1, 0.15) is 0 Å². The molecule has 1 unspecified atom stereocenters. The summed E-state index contributed by atoms with van der Waals surface area (Å²) in [5.41, 5.74) is 6.22. The van der Waals surface area contributed by atoms with Gasteiger partial charge < -0.3 is 21.3 Å². The van der Waals surface area contributed by atoms with Crippen LogP contribution in [0, 0.1) is 5.92 Å². The Labute approximate surface area is 173 Å². The smallest absolute Gasteiger partial charge is 0.166 e. The van der Waals surface area contributed by atoms with E-state index >= 15 is 0 Å². The summed E-state index contributed by atoms with van der Waals surface area (Å²) in [7, 11) is 5.55. The van der Waals surface area contributed by atoms with Crippen LogP contribution in [0.2, 0.25) is 0 Å². The number of allylic oxidation sites excluding steroid dienone is 4. The molecule has 1 saturated carbocycles. The van der Waals surface area contributed by atoms with Gasteiger partial charge in [0, 0.05) is 20.1 Å². The molecular weight excluding hydrogens is 360 g/mol. The van der Waals surface area contributed by atoms with Crippen molar-refractivity contribution < 1.29 is 0 Å². The second-order valence-electron chi connectivity index (χ2n) is 5.95. The minimum atomic E-state index is 0.711. The molecule has 4 N–H and O–H groups in total. The molecule has 1 atom stereocenters. The fourth-order valence-electron chi connectivity index (χ4n) is 2.41. The molecule has 4 nitrogen and oxygen atoms in total. The van der Waals surface area contributed by atoms with Gasteiger partial charge in [-0.05, 0) is 90.8 Å². The molecule has 0 heterocycles. The summed E-state index contributed by atoms with van der Waals surface area (Å²) in [5.74, 6) is 0.797. The molecule has 1 aliphatic carbocycles. The Hall–Kier alpha value is -0.980. The van der Waals surface area contributed by atoms with Crippen molar-refractivity contribution in [2.45, 2.75) is 54.4 Å². The van der Waals surface area contributed by atoms with Crippen molar-refractivity contribution in [2.24, 2.45) is 5.92 Å². The van der Waals surface area contributed by atoms with Crippen molar-refractivity contribution >= 4 is 35.0 Å². The lowest BCUT2D eigenvalue weighted by atomic mass is 9.98. The van der Waals surface area contributed by atoms with Crippen LogP contribution < -0.4 is 21.3 Å². The van der Waals surface area contributed by atoms with E-state index in [1.165, 1.54) is 23.9 Å². The summed E-state index contributed by atoms with van der Waals surface area (Å²) >= 11 is 9.15. The molecule has 0 spiro atoms. The lowest BCUT2D eigenvalue weighted by molar-refractivity contribution is 0.692. The molecule has 26 heavy (non-hydrogen) atoms. The van der Waals surface area contributed by atoms with Gasteiger partial charge in [-0.3, -0.25) is 0 Å². The highest BCUT2D eigenvalue weighted by Gasteiger charge is 2.21. The number of hydrogen-bond donors (Lipinski definition) is 4. The van der Waals surface area contributed by atoms with Crippen LogP contribution in [0.4, 0.5) is 0 Å². The van der Waals surface area contributed by atoms with Crippen LogP contribution in [0.25, 0.3) is 0 Å². The SMILES string of the molecule is C/C=C1\CCC(C)C1=C(C)C.CCNC(=S)NC.CCNC=S.CNC. The molecule has 0 saturated heterocycles. The average Bonchev–Trinajstić information content (AvgIpc) is 2.98. The molecule has 0 aromatic rings. The highest BCUT2D eigenvalue weighted by atomic mass is 32.1.